The van der Waals surface area contributed by atoms with Gasteiger partial charge in [0.2, 0.25) is 0 Å². The topological polar surface area (TPSA) is 80.5 Å². The van der Waals surface area contributed by atoms with Gasteiger partial charge in [-0.15, -0.1) is 0 Å². The molecule has 2 N–H and O–H groups in total. The first-order valence-electron chi connectivity index (χ1n) is 4.56. The Kier molecular flexibility index (Phi) is 2.28. The van der Waals surface area contributed by atoms with Crippen molar-refractivity contribution in [2.24, 2.45) is 5.73 Å². The van der Waals surface area contributed by atoms with Gasteiger partial charge in [-0.3, -0.25) is 14.4 Å². The van der Waals surface area contributed by atoms with Crippen LogP contribution in [-0.4, -0.2) is 17.7 Å². The number of para-hydroxylation sites is 1. The van der Waals surface area contributed by atoms with Crippen LogP contribution in [0, 0.1) is 0 Å². The Morgan fingerprint density at radius 3 is 2.19 bits per heavy atom. The van der Waals surface area contributed by atoms with Gasteiger partial charge in [0.05, 0.1) is 11.3 Å². The summed E-state index contributed by atoms with van der Waals surface area (Å²) in [6, 6.07) is 6.21. The number of carbonyl (C=O) groups excluding carboxylic acids is 3. The Bertz CT molecular complexity index is 502. The number of nitrogens with zero attached hydrogens (tertiary/aromatic N) is 1. The summed E-state index contributed by atoms with van der Waals surface area (Å²) < 4.78 is 0. The maximum Gasteiger partial charge on any atom is 0.258 e. The predicted octanol–water partition coefficient (Wildman–Crippen LogP) is 0.215. The van der Waals surface area contributed by atoms with Crippen molar-refractivity contribution in [3.8, 4) is 0 Å². The first kappa shape index (κ1) is 10.1. The Balaban J connectivity index is 2.52. The second kappa shape index (κ2) is 3.62. The lowest BCUT2D eigenvalue weighted by Gasteiger charge is -2.16. The second-order valence-corrected chi connectivity index (χ2v) is 3.23. The van der Waals surface area contributed by atoms with E-state index in [9.17, 15) is 14.4 Å². The number of primary amides is 1. The second-order valence-electron chi connectivity index (χ2n) is 3.23. The van der Waals surface area contributed by atoms with Crippen molar-refractivity contribution in [2.75, 3.05) is 4.90 Å². The third-order valence-electron chi connectivity index (χ3n) is 2.22. The lowest BCUT2D eigenvalue weighted by Crippen LogP contribution is -2.31. The monoisotopic (exact) mass is 216 g/mol. The molecule has 0 spiro atoms. The van der Waals surface area contributed by atoms with Gasteiger partial charge in [0.25, 0.3) is 17.7 Å². The summed E-state index contributed by atoms with van der Waals surface area (Å²) >= 11 is 0. The van der Waals surface area contributed by atoms with Crippen LogP contribution in [0.3, 0.4) is 0 Å². The Morgan fingerprint density at radius 1 is 1.06 bits per heavy atom. The van der Waals surface area contributed by atoms with Crippen LogP contribution < -0.4 is 10.6 Å². The molecule has 5 nitrogen and oxygen atoms in total. The van der Waals surface area contributed by atoms with Crippen LogP contribution >= 0.6 is 0 Å². The minimum atomic E-state index is -0.678. The third kappa shape index (κ3) is 1.48. The number of imide groups is 1. The van der Waals surface area contributed by atoms with Gasteiger partial charge < -0.3 is 5.73 Å². The standard InChI is InChI=1S/C11H8N2O3/c12-11(16)7-3-1-2-4-8(7)13-9(14)5-6-10(13)15/h1-6H,(H2,12,16). The number of nitrogens with two attached hydrogens (primary N) is 1. The molecule has 0 bridgehead atoms. The molecule has 1 aromatic rings. The number of amides is 3. The third-order valence-corrected chi connectivity index (χ3v) is 2.22. The van der Waals surface area contributed by atoms with Gasteiger partial charge in [0.15, 0.2) is 0 Å². The molecule has 0 fully saturated rings. The van der Waals surface area contributed by atoms with E-state index in [-0.39, 0.29) is 11.3 Å². The highest BCUT2D eigenvalue weighted by atomic mass is 16.2. The molecule has 0 aromatic heterocycles. The number of anilines is 1. The molecule has 16 heavy (non-hydrogen) atoms. The smallest absolute Gasteiger partial charge is 0.258 e. The number of hydrogen-bond donors (Lipinski definition) is 1. The average Bonchev–Trinajstić information content (AvgIpc) is 2.58. The summed E-state index contributed by atoms with van der Waals surface area (Å²) in [5.74, 6) is -1.62. The van der Waals surface area contributed by atoms with Gasteiger partial charge in [-0.2, -0.15) is 0 Å². The highest BCUT2D eigenvalue weighted by Gasteiger charge is 2.27. The molecule has 1 heterocycles. The zero-order valence-electron chi connectivity index (χ0n) is 8.21. The van der Waals surface area contributed by atoms with E-state index < -0.39 is 17.7 Å². The number of carbonyl (C=O) groups is 3. The van der Waals surface area contributed by atoms with E-state index in [4.69, 9.17) is 5.73 Å². The van der Waals surface area contributed by atoms with Gasteiger partial charge in [-0.05, 0) is 12.1 Å². The molecule has 0 saturated carbocycles. The summed E-state index contributed by atoms with van der Waals surface area (Å²) in [5, 5.41) is 0. The summed E-state index contributed by atoms with van der Waals surface area (Å²) in [6.07, 6.45) is 2.31. The van der Waals surface area contributed by atoms with Crippen LogP contribution in [0.2, 0.25) is 0 Å². The summed E-state index contributed by atoms with van der Waals surface area (Å²) in [6.45, 7) is 0. The lowest BCUT2D eigenvalue weighted by molar-refractivity contribution is -0.119. The minimum absolute atomic E-state index is 0.146. The van der Waals surface area contributed by atoms with Gasteiger partial charge >= 0.3 is 0 Å². The van der Waals surface area contributed by atoms with Crippen molar-refractivity contribution in [2.45, 2.75) is 0 Å². The van der Waals surface area contributed by atoms with E-state index in [2.05, 4.69) is 0 Å². The molecule has 5 heteroatoms. The Hall–Kier alpha value is -2.43. The van der Waals surface area contributed by atoms with E-state index in [1.165, 1.54) is 12.1 Å². The van der Waals surface area contributed by atoms with Crippen LogP contribution in [0.25, 0.3) is 0 Å². The van der Waals surface area contributed by atoms with Crippen LogP contribution in [0.15, 0.2) is 36.4 Å². The van der Waals surface area contributed by atoms with E-state index >= 15 is 0 Å². The molecule has 3 amide bonds. The maximum absolute atomic E-state index is 11.4. The van der Waals surface area contributed by atoms with Gasteiger partial charge in [-0.25, -0.2) is 4.90 Å². The fraction of sp³-hybridized carbons (Fsp3) is 0. The van der Waals surface area contributed by atoms with Gasteiger partial charge in [0, 0.05) is 12.2 Å². The fourth-order valence-electron chi connectivity index (χ4n) is 1.51. The SMILES string of the molecule is NC(=O)c1ccccc1N1C(=O)C=CC1=O. The van der Waals surface area contributed by atoms with Crippen LogP contribution in [0.4, 0.5) is 5.69 Å². The average molecular weight is 216 g/mol. The highest BCUT2D eigenvalue weighted by molar-refractivity contribution is 6.29. The fourth-order valence-corrected chi connectivity index (χ4v) is 1.51. The van der Waals surface area contributed by atoms with Crippen molar-refractivity contribution in [3.63, 3.8) is 0 Å². The van der Waals surface area contributed by atoms with Gasteiger partial charge in [0.1, 0.15) is 0 Å². The molecule has 2 rings (SSSR count). The van der Waals surface area contributed by atoms with Crippen molar-refractivity contribution >= 4 is 23.4 Å². The lowest BCUT2D eigenvalue weighted by atomic mass is 10.1. The predicted molar refractivity (Wildman–Crippen MR) is 56.6 cm³/mol. The molecular weight excluding hydrogens is 208 g/mol. The van der Waals surface area contributed by atoms with Crippen LogP contribution in [0.5, 0.6) is 0 Å². The minimum Gasteiger partial charge on any atom is -0.366 e. The molecule has 0 saturated heterocycles. The summed E-state index contributed by atoms with van der Waals surface area (Å²) in [5.41, 5.74) is 5.53. The number of hydrogen-bond acceptors (Lipinski definition) is 3. The van der Waals surface area contributed by atoms with E-state index in [0.717, 1.165) is 17.1 Å². The van der Waals surface area contributed by atoms with Crippen molar-refractivity contribution < 1.29 is 14.4 Å². The first-order chi connectivity index (χ1) is 7.61. The van der Waals surface area contributed by atoms with Crippen molar-refractivity contribution in [1.82, 2.24) is 0 Å². The maximum atomic E-state index is 11.4. The molecule has 80 valence electrons. The van der Waals surface area contributed by atoms with Crippen molar-refractivity contribution in [3.05, 3.63) is 42.0 Å². The Morgan fingerprint density at radius 2 is 1.62 bits per heavy atom. The number of rotatable bonds is 2. The quantitative estimate of drug-likeness (QED) is 0.718. The molecule has 1 aliphatic heterocycles. The Labute approximate surface area is 91.1 Å². The van der Waals surface area contributed by atoms with Crippen LogP contribution in [-0.2, 0) is 9.59 Å². The summed E-state index contributed by atoms with van der Waals surface area (Å²) in [7, 11) is 0. The zero-order chi connectivity index (χ0) is 11.7. The van der Waals surface area contributed by atoms with Gasteiger partial charge in [-0.1, -0.05) is 12.1 Å². The molecule has 0 aliphatic carbocycles. The normalized spacial score (nSPS) is 14.6. The van der Waals surface area contributed by atoms with E-state index in [0.29, 0.717) is 0 Å². The highest BCUT2D eigenvalue weighted by Crippen LogP contribution is 2.23. The molecule has 0 radical (unpaired) electrons. The zero-order valence-corrected chi connectivity index (χ0v) is 8.21. The van der Waals surface area contributed by atoms with Crippen molar-refractivity contribution in [1.29, 1.82) is 0 Å². The summed E-state index contributed by atoms with van der Waals surface area (Å²) in [4.78, 5) is 34.9. The molecule has 0 unspecified atom stereocenters. The van der Waals surface area contributed by atoms with E-state index in [1.807, 2.05) is 0 Å². The largest absolute Gasteiger partial charge is 0.366 e. The van der Waals surface area contributed by atoms with Crippen LogP contribution in [0.1, 0.15) is 10.4 Å². The first-order valence-corrected chi connectivity index (χ1v) is 4.56. The number of benzene rings is 1. The molecule has 1 aromatic carbocycles. The molecule has 0 atom stereocenters. The molecular formula is C11H8N2O3. The molecule has 1 aliphatic rings. The van der Waals surface area contributed by atoms with E-state index in [1.54, 1.807) is 12.1 Å².